The summed E-state index contributed by atoms with van der Waals surface area (Å²) in [6.45, 7) is 0.556. The minimum Gasteiger partial charge on any atom is -0.355 e. The molecule has 0 aromatic heterocycles. The number of nitrogens with zero attached hydrogens (tertiary/aromatic N) is 1. The lowest BCUT2D eigenvalue weighted by molar-refractivity contribution is -0.138. The minimum atomic E-state index is -0.195. The summed E-state index contributed by atoms with van der Waals surface area (Å²) in [7, 11) is 0. The van der Waals surface area contributed by atoms with Gasteiger partial charge >= 0.3 is 0 Å². The van der Waals surface area contributed by atoms with Crippen LogP contribution in [0.2, 0.25) is 0 Å². The first-order valence-electron chi connectivity index (χ1n) is 9.92. The zero-order valence-corrected chi connectivity index (χ0v) is 15.7. The van der Waals surface area contributed by atoms with Gasteiger partial charge in [0.15, 0.2) is 0 Å². The molecule has 2 aliphatic heterocycles. The summed E-state index contributed by atoms with van der Waals surface area (Å²) in [5.41, 5.74) is 4.69. The zero-order valence-electron chi connectivity index (χ0n) is 15.7. The van der Waals surface area contributed by atoms with Crippen LogP contribution in [-0.2, 0) is 22.4 Å². The molecule has 0 aliphatic carbocycles. The number of fused-ring (bicyclic) bond motifs is 2. The standard InChI is InChI=1S/C25H23NO2/c27-25-22(15-18-9-3-1-4-10-18)21-14-8-7-13-20(21)16-24-26(25)23(17-28-24)19-11-5-2-6-12-19/h1-14,22-24H,15-17H2/t22-,23+,24+/m0/s1. The number of rotatable bonds is 3. The Morgan fingerprint density at radius 3 is 2.32 bits per heavy atom. The van der Waals surface area contributed by atoms with Gasteiger partial charge in [0.25, 0.3) is 0 Å². The third-order valence-corrected chi connectivity index (χ3v) is 5.94. The van der Waals surface area contributed by atoms with Crippen molar-refractivity contribution >= 4 is 5.91 Å². The van der Waals surface area contributed by atoms with Gasteiger partial charge in [0.05, 0.1) is 18.6 Å². The fourth-order valence-electron chi connectivity index (χ4n) is 4.56. The van der Waals surface area contributed by atoms with Crippen LogP contribution in [0.1, 0.15) is 34.2 Å². The van der Waals surface area contributed by atoms with Crippen LogP contribution in [0.15, 0.2) is 84.9 Å². The van der Waals surface area contributed by atoms with Gasteiger partial charge in [0.2, 0.25) is 5.91 Å². The number of hydrogen-bond donors (Lipinski definition) is 0. The number of carbonyl (C=O) groups is 1. The number of benzene rings is 3. The molecular weight excluding hydrogens is 346 g/mol. The lowest BCUT2D eigenvalue weighted by Gasteiger charge is -2.29. The Balaban J connectivity index is 1.56. The van der Waals surface area contributed by atoms with Crippen molar-refractivity contribution in [1.82, 2.24) is 4.90 Å². The molecule has 3 atom stereocenters. The number of hydrogen-bond acceptors (Lipinski definition) is 2. The number of carbonyl (C=O) groups excluding carboxylic acids is 1. The van der Waals surface area contributed by atoms with E-state index in [0.717, 1.165) is 17.5 Å². The largest absolute Gasteiger partial charge is 0.355 e. The van der Waals surface area contributed by atoms with Crippen molar-refractivity contribution in [3.8, 4) is 0 Å². The summed E-state index contributed by atoms with van der Waals surface area (Å²) < 4.78 is 6.13. The Kier molecular flexibility index (Phi) is 4.46. The first kappa shape index (κ1) is 17.2. The second-order valence-corrected chi connectivity index (χ2v) is 7.61. The van der Waals surface area contributed by atoms with Gasteiger partial charge in [-0.2, -0.15) is 0 Å². The summed E-state index contributed by atoms with van der Waals surface area (Å²) in [5.74, 6) is -0.0123. The van der Waals surface area contributed by atoms with Gasteiger partial charge < -0.3 is 9.64 Å². The molecule has 1 fully saturated rings. The molecule has 0 radical (unpaired) electrons. The van der Waals surface area contributed by atoms with Crippen LogP contribution in [0.4, 0.5) is 0 Å². The van der Waals surface area contributed by atoms with E-state index in [1.807, 2.05) is 47.4 Å². The van der Waals surface area contributed by atoms with E-state index in [9.17, 15) is 4.79 Å². The lowest BCUT2D eigenvalue weighted by atomic mass is 9.88. The highest BCUT2D eigenvalue weighted by atomic mass is 16.5. The van der Waals surface area contributed by atoms with Crippen molar-refractivity contribution in [1.29, 1.82) is 0 Å². The van der Waals surface area contributed by atoms with Gasteiger partial charge in [-0.25, -0.2) is 0 Å². The monoisotopic (exact) mass is 369 g/mol. The molecule has 3 aromatic carbocycles. The van der Waals surface area contributed by atoms with E-state index >= 15 is 0 Å². The molecule has 0 unspecified atom stereocenters. The molecular formula is C25H23NO2. The predicted molar refractivity (Wildman–Crippen MR) is 109 cm³/mol. The maximum Gasteiger partial charge on any atom is 0.233 e. The predicted octanol–water partition coefficient (Wildman–Crippen LogP) is 4.50. The van der Waals surface area contributed by atoms with Crippen LogP contribution < -0.4 is 0 Å². The van der Waals surface area contributed by atoms with Crippen molar-refractivity contribution in [2.75, 3.05) is 6.61 Å². The Labute approximate surface area is 165 Å². The van der Waals surface area contributed by atoms with Crippen LogP contribution >= 0.6 is 0 Å². The maximum atomic E-state index is 13.8. The van der Waals surface area contributed by atoms with Crippen LogP contribution in [0.25, 0.3) is 0 Å². The molecule has 1 amide bonds. The molecule has 3 aromatic rings. The van der Waals surface area contributed by atoms with E-state index < -0.39 is 0 Å². The Hall–Kier alpha value is -2.91. The van der Waals surface area contributed by atoms with E-state index in [-0.39, 0.29) is 24.1 Å². The third-order valence-electron chi connectivity index (χ3n) is 5.94. The Bertz CT molecular complexity index is 970. The van der Waals surface area contributed by atoms with Crippen molar-refractivity contribution in [3.05, 3.63) is 107 Å². The second kappa shape index (κ2) is 7.25. The van der Waals surface area contributed by atoms with Crippen LogP contribution in [0.3, 0.4) is 0 Å². The molecule has 2 aliphatic rings. The third kappa shape index (κ3) is 3.02. The first-order valence-corrected chi connectivity index (χ1v) is 9.92. The van der Waals surface area contributed by atoms with E-state index in [1.165, 1.54) is 11.1 Å². The van der Waals surface area contributed by atoms with E-state index in [1.54, 1.807) is 0 Å². The highest BCUT2D eigenvalue weighted by Crippen LogP contribution is 2.40. The van der Waals surface area contributed by atoms with Crippen molar-refractivity contribution in [2.45, 2.75) is 31.0 Å². The molecule has 3 nitrogen and oxygen atoms in total. The molecule has 0 spiro atoms. The average molecular weight is 369 g/mol. The second-order valence-electron chi connectivity index (χ2n) is 7.61. The Morgan fingerprint density at radius 2 is 1.54 bits per heavy atom. The maximum absolute atomic E-state index is 13.8. The molecule has 0 bridgehead atoms. The number of ether oxygens (including phenoxy) is 1. The molecule has 5 rings (SSSR count). The zero-order chi connectivity index (χ0) is 18.9. The summed E-state index contributed by atoms with van der Waals surface area (Å²) >= 11 is 0. The van der Waals surface area contributed by atoms with Crippen LogP contribution in [-0.4, -0.2) is 23.6 Å². The summed E-state index contributed by atoms with van der Waals surface area (Å²) in [4.78, 5) is 15.8. The fourth-order valence-corrected chi connectivity index (χ4v) is 4.56. The summed E-state index contributed by atoms with van der Waals surface area (Å²) in [5, 5.41) is 0. The van der Waals surface area contributed by atoms with E-state index in [4.69, 9.17) is 4.74 Å². The van der Waals surface area contributed by atoms with E-state index in [2.05, 4.69) is 42.5 Å². The summed E-state index contributed by atoms with van der Waals surface area (Å²) in [6.07, 6.45) is 1.26. The van der Waals surface area contributed by atoms with Gasteiger partial charge in [0, 0.05) is 6.42 Å². The molecule has 28 heavy (non-hydrogen) atoms. The molecule has 0 saturated carbocycles. The summed E-state index contributed by atoms with van der Waals surface area (Å²) in [6, 6.07) is 28.9. The van der Waals surface area contributed by atoms with Crippen LogP contribution in [0.5, 0.6) is 0 Å². The molecule has 2 heterocycles. The topological polar surface area (TPSA) is 29.5 Å². The van der Waals surface area contributed by atoms with Gasteiger partial charge in [0.1, 0.15) is 6.23 Å². The fraction of sp³-hybridized carbons (Fsp3) is 0.240. The minimum absolute atomic E-state index is 0.0220. The first-order chi connectivity index (χ1) is 13.8. The molecule has 0 N–H and O–H groups in total. The van der Waals surface area contributed by atoms with Crippen LogP contribution in [0, 0.1) is 0 Å². The van der Waals surface area contributed by atoms with Gasteiger partial charge in [-0.05, 0) is 28.7 Å². The smallest absolute Gasteiger partial charge is 0.233 e. The highest BCUT2D eigenvalue weighted by Gasteiger charge is 2.44. The van der Waals surface area contributed by atoms with Crippen molar-refractivity contribution in [2.24, 2.45) is 0 Å². The Morgan fingerprint density at radius 1 is 0.857 bits per heavy atom. The SMILES string of the molecule is O=C1[C@@H](Cc2ccccc2)c2ccccc2C[C@H]2OC[C@H](c3ccccc3)N12. The van der Waals surface area contributed by atoms with Gasteiger partial charge in [-0.1, -0.05) is 84.9 Å². The molecule has 1 saturated heterocycles. The normalized spacial score (nSPS) is 23.8. The van der Waals surface area contributed by atoms with Crippen molar-refractivity contribution < 1.29 is 9.53 Å². The van der Waals surface area contributed by atoms with Gasteiger partial charge in [-0.3, -0.25) is 4.79 Å². The molecule has 3 heteroatoms. The quantitative estimate of drug-likeness (QED) is 0.680. The average Bonchev–Trinajstić information content (AvgIpc) is 3.12. The highest BCUT2D eigenvalue weighted by molar-refractivity contribution is 5.86. The van der Waals surface area contributed by atoms with E-state index in [0.29, 0.717) is 13.0 Å². The molecule has 140 valence electrons. The number of amides is 1. The van der Waals surface area contributed by atoms with Crippen molar-refractivity contribution in [3.63, 3.8) is 0 Å². The lowest BCUT2D eigenvalue weighted by Crippen LogP contribution is -2.40. The van der Waals surface area contributed by atoms with Gasteiger partial charge in [-0.15, -0.1) is 0 Å².